The fourth-order valence-electron chi connectivity index (χ4n) is 3.06. The number of rotatable bonds is 5. The molecule has 2 aliphatic heterocycles. The Kier molecular flexibility index (Phi) is 5.56. The number of hydrogen-bond donors (Lipinski definition) is 1. The lowest BCUT2D eigenvalue weighted by Crippen LogP contribution is -2.39. The Morgan fingerprint density at radius 1 is 1.32 bits per heavy atom. The van der Waals surface area contributed by atoms with Gasteiger partial charge in [-0.1, -0.05) is 23.8 Å². The van der Waals surface area contributed by atoms with Gasteiger partial charge in [0, 0.05) is 31.8 Å². The molecule has 1 aromatic rings. The predicted molar refractivity (Wildman–Crippen MR) is 94.6 cm³/mol. The molecule has 0 aromatic heterocycles. The number of hydrogen-bond acceptors (Lipinski definition) is 4. The van der Waals surface area contributed by atoms with Crippen LogP contribution in [0.1, 0.15) is 24.8 Å². The Hall–Kier alpha value is -1.70. The number of benzene rings is 1. The highest BCUT2D eigenvalue weighted by Crippen LogP contribution is 2.21. The number of nitrogens with one attached hydrogen (secondary N) is 1. The third-order valence-corrected chi connectivity index (χ3v) is 6.52. The van der Waals surface area contributed by atoms with Crippen LogP contribution in [0.5, 0.6) is 0 Å². The van der Waals surface area contributed by atoms with Crippen molar-refractivity contribution in [1.82, 2.24) is 9.62 Å². The van der Waals surface area contributed by atoms with Crippen LogP contribution in [0.25, 0.3) is 0 Å². The van der Waals surface area contributed by atoms with Crippen molar-refractivity contribution in [2.75, 3.05) is 26.2 Å². The normalized spacial score (nSPS) is 21.8. The van der Waals surface area contributed by atoms with Crippen molar-refractivity contribution >= 4 is 15.9 Å². The fraction of sp³-hybridized carbons (Fsp3) is 0.500. The zero-order chi connectivity index (χ0) is 17.9. The topological polar surface area (TPSA) is 75.7 Å². The Labute approximate surface area is 148 Å². The molecule has 1 aromatic carbocycles. The fourth-order valence-corrected chi connectivity index (χ4v) is 4.44. The highest BCUT2D eigenvalue weighted by atomic mass is 32.2. The van der Waals surface area contributed by atoms with Crippen LogP contribution in [0.3, 0.4) is 0 Å². The third-order valence-electron chi connectivity index (χ3n) is 4.64. The first-order valence-corrected chi connectivity index (χ1v) is 10.1. The van der Waals surface area contributed by atoms with Crippen molar-refractivity contribution in [2.24, 2.45) is 0 Å². The second-order valence-electron chi connectivity index (χ2n) is 6.50. The van der Waals surface area contributed by atoms with Gasteiger partial charge in [0.05, 0.1) is 11.0 Å². The summed E-state index contributed by atoms with van der Waals surface area (Å²) in [5.41, 5.74) is 1.66. The van der Waals surface area contributed by atoms with E-state index in [1.807, 2.05) is 6.92 Å². The van der Waals surface area contributed by atoms with Crippen molar-refractivity contribution in [2.45, 2.75) is 37.2 Å². The van der Waals surface area contributed by atoms with Gasteiger partial charge < -0.3 is 10.1 Å². The van der Waals surface area contributed by atoms with E-state index in [4.69, 9.17) is 4.74 Å². The molecule has 6 nitrogen and oxygen atoms in total. The molecule has 1 N–H and O–H groups in total. The summed E-state index contributed by atoms with van der Waals surface area (Å²) in [5.74, 6) is -0.122. The van der Waals surface area contributed by atoms with E-state index in [9.17, 15) is 13.2 Å². The van der Waals surface area contributed by atoms with E-state index in [2.05, 4.69) is 5.32 Å². The van der Waals surface area contributed by atoms with E-state index in [0.29, 0.717) is 25.1 Å². The molecule has 1 atom stereocenters. The molecule has 0 unspecified atom stereocenters. The largest absolute Gasteiger partial charge is 0.376 e. The van der Waals surface area contributed by atoms with Gasteiger partial charge in [0.25, 0.3) is 0 Å². The number of nitrogens with zero attached hydrogens (tertiary/aromatic N) is 1. The van der Waals surface area contributed by atoms with Gasteiger partial charge >= 0.3 is 0 Å². The van der Waals surface area contributed by atoms with Gasteiger partial charge in [-0.3, -0.25) is 4.79 Å². The standard InChI is InChI=1S/C18H24N2O4S/c1-14-4-6-17(7-5-14)25(22,23)20-10-8-15(9-11-20)18(21)19-13-16-3-2-12-24-16/h4-8,16H,2-3,9-13H2,1H3,(H,19,21)/t16-/m1/s1. The Bertz CT molecular complexity index is 750. The molecule has 1 amide bonds. The van der Waals surface area contributed by atoms with Gasteiger partial charge in [-0.2, -0.15) is 4.31 Å². The second kappa shape index (κ2) is 7.68. The summed E-state index contributed by atoms with van der Waals surface area (Å²) in [7, 11) is -3.52. The van der Waals surface area contributed by atoms with Crippen molar-refractivity contribution in [3.8, 4) is 0 Å². The molecule has 1 fully saturated rings. The summed E-state index contributed by atoms with van der Waals surface area (Å²) >= 11 is 0. The number of amides is 1. The Balaban J connectivity index is 1.59. The van der Waals surface area contributed by atoms with Crippen LogP contribution in [0.2, 0.25) is 0 Å². The molecule has 0 spiro atoms. The Morgan fingerprint density at radius 2 is 2.08 bits per heavy atom. The monoisotopic (exact) mass is 364 g/mol. The van der Waals surface area contributed by atoms with E-state index in [-0.39, 0.29) is 23.5 Å². The maximum atomic E-state index is 12.7. The van der Waals surface area contributed by atoms with Crippen LogP contribution < -0.4 is 5.32 Å². The summed E-state index contributed by atoms with van der Waals surface area (Å²) in [6.07, 6.45) is 4.24. The number of sulfonamides is 1. The van der Waals surface area contributed by atoms with E-state index >= 15 is 0 Å². The zero-order valence-corrected chi connectivity index (χ0v) is 15.2. The van der Waals surface area contributed by atoms with Crippen molar-refractivity contribution in [3.63, 3.8) is 0 Å². The molecular weight excluding hydrogens is 340 g/mol. The van der Waals surface area contributed by atoms with Gasteiger partial charge in [-0.05, 0) is 38.3 Å². The van der Waals surface area contributed by atoms with Gasteiger partial charge in [0.15, 0.2) is 0 Å². The molecular formula is C18H24N2O4S. The lowest BCUT2D eigenvalue weighted by molar-refractivity contribution is -0.118. The average Bonchev–Trinajstić information content (AvgIpc) is 3.14. The highest BCUT2D eigenvalue weighted by molar-refractivity contribution is 7.89. The molecule has 0 aliphatic carbocycles. The van der Waals surface area contributed by atoms with Crippen molar-refractivity contribution < 1.29 is 17.9 Å². The summed E-state index contributed by atoms with van der Waals surface area (Å²) in [6, 6.07) is 6.82. The third kappa shape index (κ3) is 4.29. The van der Waals surface area contributed by atoms with Crippen LogP contribution in [0.15, 0.2) is 40.8 Å². The highest BCUT2D eigenvalue weighted by Gasteiger charge is 2.27. The summed E-state index contributed by atoms with van der Waals surface area (Å²) < 4.78 is 32.2. The molecule has 7 heteroatoms. The van der Waals surface area contributed by atoms with Crippen LogP contribution in [-0.2, 0) is 19.6 Å². The van der Waals surface area contributed by atoms with E-state index < -0.39 is 10.0 Å². The second-order valence-corrected chi connectivity index (χ2v) is 8.44. The molecule has 0 saturated carbocycles. The van der Waals surface area contributed by atoms with Gasteiger partial charge in [-0.15, -0.1) is 0 Å². The first kappa shape index (κ1) is 18.1. The van der Waals surface area contributed by atoms with E-state index in [1.54, 1.807) is 30.3 Å². The summed E-state index contributed by atoms with van der Waals surface area (Å²) in [6.45, 7) is 3.73. The molecule has 1 saturated heterocycles. The number of carbonyl (C=O) groups is 1. The van der Waals surface area contributed by atoms with Crippen molar-refractivity contribution in [1.29, 1.82) is 0 Å². The molecule has 2 heterocycles. The van der Waals surface area contributed by atoms with Gasteiger partial charge in [0.1, 0.15) is 0 Å². The predicted octanol–water partition coefficient (Wildman–Crippen LogP) is 1.61. The maximum Gasteiger partial charge on any atom is 0.247 e. The van der Waals surface area contributed by atoms with Crippen molar-refractivity contribution in [3.05, 3.63) is 41.5 Å². The van der Waals surface area contributed by atoms with Crippen LogP contribution >= 0.6 is 0 Å². The molecule has 25 heavy (non-hydrogen) atoms. The zero-order valence-electron chi connectivity index (χ0n) is 14.4. The lowest BCUT2D eigenvalue weighted by atomic mass is 10.1. The quantitative estimate of drug-likeness (QED) is 0.861. The minimum atomic E-state index is -3.52. The van der Waals surface area contributed by atoms with Gasteiger partial charge in [-0.25, -0.2) is 8.42 Å². The molecule has 3 rings (SSSR count). The smallest absolute Gasteiger partial charge is 0.247 e. The first-order chi connectivity index (χ1) is 12.0. The molecule has 136 valence electrons. The lowest BCUT2D eigenvalue weighted by Gasteiger charge is -2.25. The number of ether oxygens (including phenoxy) is 1. The average molecular weight is 364 g/mol. The minimum absolute atomic E-state index is 0.103. The maximum absolute atomic E-state index is 12.7. The molecule has 0 bridgehead atoms. The summed E-state index contributed by atoms with van der Waals surface area (Å²) in [4.78, 5) is 12.5. The number of aryl methyl sites for hydroxylation is 1. The molecule has 2 aliphatic rings. The number of carbonyl (C=O) groups excluding carboxylic acids is 1. The summed E-state index contributed by atoms with van der Waals surface area (Å²) in [5, 5.41) is 2.89. The van der Waals surface area contributed by atoms with Crippen LogP contribution in [0.4, 0.5) is 0 Å². The minimum Gasteiger partial charge on any atom is -0.376 e. The first-order valence-electron chi connectivity index (χ1n) is 8.62. The van der Waals surface area contributed by atoms with E-state index in [0.717, 1.165) is 25.0 Å². The SMILES string of the molecule is Cc1ccc(S(=O)(=O)N2CC=C(C(=O)NC[C@H]3CCCO3)CC2)cc1. The van der Waals surface area contributed by atoms with Crippen LogP contribution in [0, 0.1) is 6.92 Å². The van der Waals surface area contributed by atoms with Crippen LogP contribution in [-0.4, -0.2) is 51.0 Å². The molecule has 0 radical (unpaired) electrons. The Morgan fingerprint density at radius 3 is 2.68 bits per heavy atom. The van der Waals surface area contributed by atoms with E-state index in [1.165, 1.54) is 4.31 Å². The van der Waals surface area contributed by atoms with Gasteiger partial charge in [0.2, 0.25) is 15.9 Å².